The first-order chi connectivity index (χ1) is 15.5. The number of benzene rings is 2. The number of nitrogens with zero attached hydrogens (tertiary/aromatic N) is 3. The van der Waals surface area contributed by atoms with Gasteiger partial charge in [-0.3, -0.25) is 14.9 Å². The van der Waals surface area contributed by atoms with Crippen LogP contribution in [0.1, 0.15) is 32.6 Å². The Bertz CT molecular complexity index is 1130. The maximum Gasteiger partial charge on any atom is 0.271 e. The van der Waals surface area contributed by atoms with Crippen molar-refractivity contribution in [3.8, 4) is 5.75 Å². The third-order valence-corrected chi connectivity index (χ3v) is 5.76. The third kappa shape index (κ3) is 4.80. The average Bonchev–Trinajstić information content (AvgIpc) is 2.82. The van der Waals surface area contributed by atoms with E-state index in [-0.39, 0.29) is 12.3 Å². The van der Waals surface area contributed by atoms with Crippen molar-refractivity contribution < 1.29 is 14.5 Å². The van der Waals surface area contributed by atoms with E-state index in [4.69, 9.17) is 9.72 Å². The van der Waals surface area contributed by atoms with Crippen LogP contribution in [-0.4, -0.2) is 35.0 Å². The molecule has 1 atom stereocenters. The number of carbonyl (C=O) groups is 1. The number of aromatic nitrogens is 1. The Labute approximate surface area is 186 Å². The molecule has 0 spiro atoms. The van der Waals surface area contributed by atoms with Crippen LogP contribution in [0.25, 0.3) is 10.9 Å². The van der Waals surface area contributed by atoms with Gasteiger partial charge < -0.3 is 15.0 Å². The number of nitro benzene ring substituents is 1. The fourth-order valence-electron chi connectivity index (χ4n) is 4.15. The molecule has 1 saturated heterocycles. The number of nitro groups is 1. The van der Waals surface area contributed by atoms with Crippen molar-refractivity contribution in [3.63, 3.8) is 0 Å². The summed E-state index contributed by atoms with van der Waals surface area (Å²) in [6.45, 7) is 2.97. The van der Waals surface area contributed by atoms with Gasteiger partial charge in [-0.05, 0) is 49.9 Å². The van der Waals surface area contributed by atoms with Crippen molar-refractivity contribution in [1.82, 2.24) is 4.98 Å². The molecule has 1 N–H and O–H groups in total. The standard InChI is InChI=1S/C24H26N4O4/c1-2-19-9-3-4-14-27(19)22-13-12-17-7-5-11-21(24(17)26-22)32-16-23(29)25-18-8-6-10-20(15-18)28(30)31/h5-8,10-13,15,19H,2-4,9,14,16H2,1H3,(H,25,29). The van der Waals surface area contributed by atoms with Gasteiger partial charge in [-0.2, -0.15) is 0 Å². The molecule has 1 unspecified atom stereocenters. The molecule has 166 valence electrons. The lowest BCUT2D eigenvalue weighted by atomic mass is 10.00. The summed E-state index contributed by atoms with van der Waals surface area (Å²) in [4.78, 5) is 30.0. The number of pyridine rings is 1. The first-order valence-electron chi connectivity index (χ1n) is 10.9. The molecule has 0 bridgehead atoms. The van der Waals surface area contributed by atoms with Gasteiger partial charge in [-0.1, -0.05) is 25.1 Å². The Kier molecular flexibility index (Phi) is 6.49. The molecule has 1 fully saturated rings. The number of hydrogen-bond acceptors (Lipinski definition) is 6. The van der Waals surface area contributed by atoms with Gasteiger partial charge in [-0.25, -0.2) is 4.98 Å². The van der Waals surface area contributed by atoms with E-state index in [9.17, 15) is 14.9 Å². The summed E-state index contributed by atoms with van der Waals surface area (Å²) >= 11 is 0. The van der Waals surface area contributed by atoms with Gasteiger partial charge >= 0.3 is 0 Å². The number of nitrogens with one attached hydrogen (secondary N) is 1. The smallest absolute Gasteiger partial charge is 0.271 e. The minimum absolute atomic E-state index is 0.0856. The molecule has 0 aliphatic carbocycles. The van der Waals surface area contributed by atoms with Crippen LogP contribution in [0.5, 0.6) is 5.75 Å². The van der Waals surface area contributed by atoms with Crippen molar-refractivity contribution in [2.24, 2.45) is 0 Å². The van der Waals surface area contributed by atoms with E-state index >= 15 is 0 Å². The maximum absolute atomic E-state index is 12.4. The van der Waals surface area contributed by atoms with Crippen LogP contribution in [0, 0.1) is 10.1 Å². The van der Waals surface area contributed by atoms with Gasteiger partial charge in [0, 0.05) is 35.8 Å². The normalized spacial score (nSPS) is 16.0. The van der Waals surface area contributed by atoms with Crippen molar-refractivity contribution >= 4 is 34.0 Å². The second-order valence-corrected chi connectivity index (χ2v) is 7.89. The Morgan fingerprint density at radius 1 is 1.22 bits per heavy atom. The number of amides is 1. The predicted octanol–water partition coefficient (Wildman–Crippen LogP) is 4.93. The molecule has 32 heavy (non-hydrogen) atoms. The lowest BCUT2D eigenvalue weighted by Gasteiger charge is -2.36. The second-order valence-electron chi connectivity index (χ2n) is 7.89. The quantitative estimate of drug-likeness (QED) is 0.418. The summed E-state index contributed by atoms with van der Waals surface area (Å²) in [5, 5.41) is 14.5. The lowest BCUT2D eigenvalue weighted by Crippen LogP contribution is -2.39. The summed E-state index contributed by atoms with van der Waals surface area (Å²) < 4.78 is 5.80. The number of ether oxygens (including phenoxy) is 1. The molecule has 8 nitrogen and oxygen atoms in total. The number of fused-ring (bicyclic) bond motifs is 1. The minimum Gasteiger partial charge on any atom is -0.481 e. The number of rotatable bonds is 7. The number of para-hydroxylation sites is 1. The van der Waals surface area contributed by atoms with Gasteiger partial charge in [0.25, 0.3) is 11.6 Å². The summed E-state index contributed by atoms with van der Waals surface area (Å²) in [5.74, 6) is 1.06. The molecule has 0 radical (unpaired) electrons. The van der Waals surface area contributed by atoms with Crippen LogP contribution in [0.2, 0.25) is 0 Å². The zero-order valence-electron chi connectivity index (χ0n) is 18.0. The topological polar surface area (TPSA) is 97.6 Å². The molecule has 4 rings (SSSR count). The van der Waals surface area contributed by atoms with Crippen LogP contribution in [-0.2, 0) is 4.79 Å². The van der Waals surface area contributed by atoms with E-state index in [1.165, 1.54) is 31.0 Å². The zero-order chi connectivity index (χ0) is 22.5. The number of carbonyl (C=O) groups excluding carboxylic acids is 1. The average molecular weight is 434 g/mol. The Hall–Kier alpha value is -3.68. The number of piperidine rings is 1. The highest BCUT2D eigenvalue weighted by atomic mass is 16.6. The molecule has 8 heteroatoms. The highest BCUT2D eigenvalue weighted by Gasteiger charge is 2.22. The molecule has 1 aliphatic rings. The molecule has 1 aromatic heterocycles. The zero-order valence-corrected chi connectivity index (χ0v) is 18.0. The van der Waals surface area contributed by atoms with Crippen LogP contribution < -0.4 is 15.0 Å². The summed E-state index contributed by atoms with van der Waals surface area (Å²) in [6, 6.07) is 16.0. The van der Waals surface area contributed by atoms with Crippen LogP contribution in [0.15, 0.2) is 54.6 Å². The molecular formula is C24H26N4O4. The van der Waals surface area contributed by atoms with Crippen molar-refractivity contribution in [2.75, 3.05) is 23.4 Å². The predicted molar refractivity (Wildman–Crippen MR) is 124 cm³/mol. The lowest BCUT2D eigenvalue weighted by molar-refractivity contribution is -0.384. The van der Waals surface area contributed by atoms with E-state index in [1.54, 1.807) is 12.1 Å². The molecule has 2 heterocycles. The summed E-state index contributed by atoms with van der Waals surface area (Å²) in [5.41, 5.74) is 0.980. The molecular weight excluding hydrogens is 408 g/mol. The van der Waals surface area contributed by atoms with Gasteiger partial charge in [0.05, 0.1) is 4.92 Å². The fraction of sp³-hybridized carbons (Fsp3) is 0.333. The van der Waals surface area contributed by atoms with Crippen LogP contribution in [0.4, 0.5) is 17.2 Å². The Balaban J connectivity index is 1.49. The molecule has 0 saturated carbocycles. The first kappa shape index (κ1) is 21.5. The second kappa shape index (κ2) is 9.64. The van der Waals surface area contributed by atoms with E-state index in [0.717, 1.165) is 30.6 Å². The van der Waals surface area contributed by atoms with Crippen LogP contribution >= 0.6 is 0 Å². The highest BCUT2D eigenvalue weighted by molar-refractivity contribution is 5.93. The Morgan fingerprint density at radius 2 is 2.06 bits per heavy atom. The Morgan fingerprint density at radius 3 is 2.88 bits per heavy atom. The molecule has 2 aromatic carbocycles. The van der Waals surface area contributed by atoms with Crippen molar-refractivity contribution in [1.29, 1.82) is 0 Å². The largest absolute Gasteiger partial charge is 0.481 e. The minimum atomic E-state index is -0.503. The number of non-ortho nitro benzene ring substituents is 1. The molecule has 3 aromatic rings. The van der Waals surface area contributed by atoms with E-state index in [2.05, 4.69) is 23.2 Å². The maximum atomic E-state index is 12.4. The van der Waals surface area contributed by atoms with Crippen molar-refractivity contribution in [2.45, 2.75) is 38.6 Å². The van der Waals surface area contributed by atoms with Gasteiger partial charge in [0.15, 0.2) is 6.61 Å². The van der Waals surface area contributed by atoms with E-state index in [0.29, 0.717) is 23.0 Å². The van der Waals surface area contributed by atoms with Gasteiger partial charge in [0.1, 0.15) is 17.1 Å². The highest BCUT2D eigenvalue weighted by Crippen LogP contribution is 2.30. The van der Waals surface area contributed by atoms with Gasteiger partial charge in [0.2, 0.25) is 0 Å². The number of anilines is 2. The fourth-order valence-corrected chi connectivity index (χ4v) is 4.15. The van der Waals surface area contributed by atoms with Gasteiger partial charge in [-0.15, -0.1) is 0 Å². The SMILES string of the molecule is CCC1CCCCN1c1ccc2cccc(OCC(=O)Nc3cccc([N+](=O)[O-])c3)c2n1. The summed E-state index contributed by atoms with van der Waals surface area (Å²) in [7, 11) is 0. The number of hydrogen-bond donors (Lipinski definition) is 1. The molecule has 1 aliphatic heterocycles. The van der Waals surface area contributed by atoms with Crippen molar-refractivity contribution in [3.05, 3.63) is 64.7 Å². The van der Waals surface area contributed by atoms with Crippen LogP contribution in [0.3, 0.4) is 0 Å². The monoisotopic (exact) mass is 434 g/mol. The van der Waals surface area contributed by atoms with E-state index < -0.39 is 10.8 Å². The molecule has 1 amide bonds. The van der Waals surface area contributed by atoms with E-state index in [1.807, 2.05) is 18.2 Å². The summed E-state index contributed by atoms with van der Waals surface area (Å²) in [6.07, 6.45) is 4.66. The first-order valence-corrected chi connectivity index (χ1v) is 10.9. The third-order valence-electron chi connectivity index (χ3n) is 5.76.